The Morgan fingerprint density at radius 1 is 1.26 bits per heavy atom. The van der Waals surface area contributed by atoms with Crippen LogP contribution in [0.25, 0.3) is 16.6 Å². The van der Waals surface area contributed by atoms with Crippen molar-refractivity contribution in [2.45, 2.75) is 19.4 Å². The van der Waals surface area contributed by atoms with E-state index < -0.39 is 6.10 Å². The van der Waals surface area contributed by atoms with Crippen LogP contribution in [0.4, 0.5) is 0 Å². The minimum absolute atomic E-state index is 0.573. The quantitative estimate of drug-likeness (QED) is 0.778. The van der Waals surface area contributed by atoms with Crippen molar-refractivity contribution in [3.63, 3.8) is 0 Å². The summed E-state index contributed by atoms with van der Waals surface area (Å²) in [5.74, 6) is 0. The number of para-hydroxylation sites is 1. The van der Waals surface area contributed by atoms with Gasteiger partial charge in [0.25, 0.3) is 0 Å². The van der Waals surface area contributed by atoms with Gasteiger partial charge in [-0.25, -0.2) is 4.68 Å². The van der Waals surface area contributed by atoms with Crippen LogP contribution in [0, 0.1) is 0 Å². The van der Waals surface area contributed by atoms with Gasteiger partial charge in [-0.1, -0.05) is 30.3 Å². The standard InChI is InChI=1S/C14H14N4O/c1-2-13(19)11-9-18(17-16-11)12-7-3-5-10-6-4-8-15-14(10)12/h3-9,13,19H,2H2,1H3. The molecule has 0 bridgehead atoms. The molecule has 2 aromatic heterocycles. The monoisotopic (exact) mass is 254 g/mol. The van der Waals surface area contributed by atoms with E-state index in [-0.39, 0.29) is 0 Å². The highest BCUT2D eigenvalue weighted by Crippen LogP contribution is 2.20. The van der Waals surface area contributed by atoms with Gasteiger partial charge in [-0.3, -0.25) is 4.98 Å². The fraction of sp³-hybridized carbons (Fsp3) is 0.214. The fourth-order valence-electron chi connectivity index (χ4n) is 2.03. The summed E-state index contributed by atoms with van der Waals surface area (Å²) in [4.78, 5) is 4.38. The molecule has 2 heterocycles. The summed E-state index contributed by atoms with van der Waals surface area (Å²) in [7, 11) is 0. The van der Waals surface area contributed by atoms with Crippen LogP contribution in [0.5, 0.6) is 0 Å². The average molecular weight is 254 g/mol. The number of hydrogen-bond acceptors (Lipinski definition) is 4. The summed E-state index contributed by atoms with van der Waals surface area (Å²) in [5.41, 5.74) is 2.31. The van der Waals surface area contributed by atoms with Gasteiger partial charge in [0.15, 0.2) is 0 Å². The summed E-state index contributed by atoms with van der Waals surface area (Å²) in [6.07, 6.45) is 3.55. The lowest BCUT2D eigenvalue weighted by molar-refractivity contribution is 0.169. The third kappa shape index (κ3) is 2.08. The van der Waals surface area contributed by atoms with Gasteiger partial charge in [0.2, 0.25) is 0 Å². The molecule has 1 atom stereocenters. The van der Waals surface area contributed by atoms with Crippen LogP contribution < -0.4 is 0 Å². The number of pyridine rings is 1. The molecule has 0 saturated carbocycles. The molecule has 0 fully saturated rings. The largest absolute Gasteiger partial charge is 0.387 e. The molecule has 3 rings (SSSR count). The zero-order valence-corrected chi connectivity index (χ0v) is 10.6. The average Bonchev–Trinajstić information content (AvgIpc) is 2.95. The second kappa shape index (κ2) is 4.78. The molecule has 0 radical (unpaired) electrons. The highest BCUT2D eigenvalue weighted by atomic mass is 16.3. The Balaban J connectivity index is 2.12. The Kier molecular flexibility index (Phi) is 2.97. The number of fused-ring (bicyclic) bond motifs is 1. The molecule has 5 heteroatoms. The smallest absolute Gasteiger partial charge is 0.112 e. The molecule has 19 heavy (non-hydrogen) atoms. The lowest BCUT2D eigenvalue weighted by atomic mass is 10.2. The van der Waals surface area contributed by atoms with E-state index >= 15 is 0 Å². The van der Waals surface area contributed by atoms with Crippen molar-refractivity contribution in [2.24, 2.45) is 0 Å². The number of aromatic nitrogens is 4. The molecule has 0 aliphatic rings. The number of nitrogens with zero attached hydrogens (tertiary/aromatic N) is 4. The van der Waals surface area contributed by atoms with Gasteiger partial charge in [0, 0.05) is 11.6 Å². The number of aliphatic hydroxyl groups excluding tert-OH is 1. The molecular weight excluding hydrogens is 240 g/mol. The van der Waals surface area contributed by atoms with Gasteiger partial charge in [-0.05, 0) is 18.6 Å². The van der Waals surface area contributed by atoms with Crippen LogP contribution in [0.15, 0.2) is 42.7 Å². The minimum atomic E-state index is -0.573. The maximum atomic E-state index is 9.77. The van der Waals surface area contributed by atoms with Crippen LogP contribution >= 0.6 is 0 Å². The Labute approximate surface area is 110 Å². The van der Waals surface area contributed by atoms with Crippen molar-refractivity contribution in [1.29, 1.82) is 0 Å². The summed E-state index contributed by atoms with van der Waals surface area (Å²) in [6.45, 7) is 1.91. The van der Waals surface area contributed by atoms with Crippen molar-refractivity contribution >= 4 is 10.9 Å². The Morgan fingerprint density at radius 3 is 2.95 bits per heavy atom. The van der Waals surface area contributed by atoms with Gasteiger partial charge >= 0.3 is 0 Å². The number of rotatable bonds is 3. The number of benzene rings is 1. The van der Waals surface area contributed by atoms with Gasteiger partial charge < -0.3 is 5.11 Å². The van der Waals surface area contributed by atoms with E-state index in [0.717, 1.165) is 16.6 Å². The molecule has 0 saturated heterocycles. The van der Waals surface area contributed by atoms with E-state index in [1.807, 2.05) is 37.3 Å². The molecular formula is C14H14N4O. The molecule has 1 aromatic carbocycles. The molecule has 0 amide bonds. The first-order valence-corrected chi connectivity index (χ1v) is 6.24. The highest BCUT2D eigenvalue weighted by molar-refractivity contribution is 5.85. The van der Waals surface area contributed by atoms with Crippen molar-refractivity contribution in [2.75, 3.05) is 0 Å². The first kappa shape index (κ1) is 11.8. The van der Waals surface area contributed by atoms with E-state index in [1.165, 1.54) is 0 Å². The SMILES string of the molecule is CCC(O)c1cn(-c2cccc3cccnc23)nn1. The van der Waals surface area contributed by atoms with E-state index in [0.29, 0.717) is 12.1 Å². The Morgan fingerprint density at radius 2 is 2.11 bits per heavy atom. The molecule has 0 aliphatic heterocycles. The second-order valence-electron chi connectivity index (χ2n) is 4.36. The summed E-state index contributed by atoms with van der Waals surface area (Å²) in [6, 6.07) is 9.80. The first-order chi connectivity index (χ1) is 9.29. The third-order valence-electron chi connectivity index (χ3n) is 3.10. The Hall–Kier alpha value is -2.27. The van der Waals surface area contributed by atoms with Gasteiger partial charge in [0.1, 0.15) is 5.69 Å². The molecule has 0 spiro atoms. The normalized spacial score (nSPS) is 12.7. The van der Waals surface area contributed by atoms with Crippen molar-refractivity contribution in [3.8, 4) is 5.69 Å². The van der Waals surface area contributed by atoms with E-state index in [2.05, 4.69) is 15.3 Å². The first-order valence-electron chi connectivity index (χ1n) is 6.24. The fourth-order valence-corrected chi connectivity index (χ4v) is 2.03. The van der Waals surface area contributed by atoms with E-state index in [1.54, 1.807) is 17.1 Å². The summed E-state index contributed by atoms with van der Waals surface area (Å²) >= 11 is 0. The second-order valence-corrected chi connectivity index (χ2v) is 4.36. The maximum absolute atomic E-state index is 9.77. The van der Waals surface area contributed by atoms with Gasteiger partial charge in [-0.15, -0.1) is 5.10 Å². The van der Waals surface area contributed by atoms with Gasteiger partial charge in [-0.2, -0.15) is 0 Å². The minimum Gasteiger partial charge on any atom is -0.387 e. The molecule has 1 N–H and O–H groups in total. The zero-order valence-electron chi connectivity index (χ0n) is 10.6. The van der Waals surface area contributed by atoms with Crippen LogP contribution in [0.1, 0.15) is 25.1 Å². The van der Waals surface area contributed by atoms with E-state index in [4.69, 9.17) is 0 Å². The molecule has 1 unspecified atom stereocenters. The van der Waals surface area contributed by atoms with Crippen LogP contribution in [0.3, 0.4) is 0 Å². The van der Waals surface area contributed by atoms with Crippen molar-refractivity contribution in [3.05, 3.63) is 48.4 Å². The van der Waals surface area contributed by atoms with Crippen molar-refractivity contribution < 1.29 is 5.11 Å². The zero-order chi connectivity index (χ0) is 13.2. The maximum Gasteiger partial charge on any atom is 0.112 e. The summed E-state index contributed by atoms with van der Waals surface area (Å²) in [5, 5.41) is 18.9. The van der Waals surface area contributed by atoms with Crippen molar-refractivity contribution in [1.82, 2.24) is 20.0 Å². The number of hydrogen-bond donors (Lipinski definition) is 1. The lowest BCUT2D eigenvalue weighted by Gasteiger charge is -2.04. The van der Waals surface area contributed by atoms with Crippen LogP contribution in [-0.2, 0) is 0 Å². The van der Waals surface area contributed by atoms with E-state index in [9.17, 15) is 5.11 Å². The van der Waals surface area contributed by atoms with Crippen LogP contribution in [0.2, 0.25) is 0 Å². The predicted octanol–water partition coefficient (Wildman–Crippen LogP) is 2.26. The molecule has 5 nitrogen and oxygen atoms in total. The topological polar surface area (TPSA) is 63.8 Å². The Bertz CT molecular complexity index is 702. The van der Waals surface area contributed by atoms with Crippen LogP contribution in [-0.4, -0.2) is 25.1 Å². The molecule has 3 aromatic rings. The molecule has 96 valence electrons. The third-order valence-corrected chi connectivity index (χ3v) is 3.10. The van der Waals surface area contributed by atoms with Gasteiger partial charge in [0.05, 0.1) is 23.5 Å². The lowest BCUT2D eigenvalue weighted by Crippen LogP contribution is -1.97. The molecule has 0 aliphatic carbocycles. The summed E-state index contributed by atoms with van der Waals surface area (Å²) < 4.78 is 1.66. The number of aliphatic hydroxyl groups is 1. The predicted molar refractivity (Wildman–Crippen MR) is 71.9 cm³/mol. The highest BCUT2D eigenvalue weighted by Gasteiger charge is 2.12.